The van der Waals surface area contributed by atoms with Gasteiger partial charge in [-0.1, -0.05) is 11.8 Å². The van der Waals surface area contributed by atoms with Gasteiger partial charge >= 0.3 is 0 Å². The Bertz CT molecular complexity index is 404. The van der Waals surface area contributed by atoms with Gasteiger partial charge in [0, 0.05) is 11.8 Å². The van der Waals surface area contributed by atoms with Gasteiger partial charge in [0.2, 0.25) is 0 Å². The highest BCUT2D eigenvalue weighted by molar-refractivity contribution is 7.99. The maximum absolute atomic E-state index is 8.87. The van der Waals surface area contributed by atoms with Crippen molar-refractivity contribution < 1.29 is 0 Å². The topological polar surface area (TPSA) is 102 Å². The van der Waals surface area contributed by atoms with E-state index in [0.717, 1.165) is 18.6 Å². The summed E-state index contributed by atoms with van der Waals surface area (Å²) in [5, 5.41) is 9.46. The normalized spacial score (nSPS) is 11.1. The van der Waals surface area contributed by atoms with Crippen molar-refractivity contribution in [1.29, 1.82) is 5.26 Å². The van der Waals surface area contributed by atoms with Gasteiger partial charge < -0.3 is 11.5 Å². The van der Waals surface area contributed by atoms with E-state index < -0.39 is 0 Å². The highest BCUT2D eigenvalue weighted by Gasteiger charge is 2.15. The molecule has 1 aromatic rings. The summed E-state index contributed by atoms with van der Waals surface area (Å²) >= 11 is 1.51. The first kappa shape index (κ1) is 13.6. The zero-order chi connectivity index (χ0) is 12.9. The molecule has 0 saturated heterocycles. The van der Waals surface area contributed by atoms with Crippen LogP contribution >= 0.6 is 11.8 Å². The van der Waals surface area contributed by atoms with Crippen molar-refractivity contribution in [2.75, 3.05) is 17.2 Å². The fourth-order valence-electron chi connectivity index (χ4n) is 1.26. The van der Waals surface area contributed by atoms with Gasteiger partial charge in [0.15, 0.2) is 5.16 Å². The maximum atomic E-state index is 8.87. The molecule has 0 fully saturated rings. The Hall–Kier alpha value is -1.48. The summed E-state index contributed by atoms with van der Waals surface area (Å²) in [6.07, 6.45) is 1.79. The van der Waals surface area contributed by atoms with Crippen LogP contribution in [0.4, 0.5) is 11.6 Å². The number of nitrogen functional groups attached to an aromatic ring is 2. The second kappa shape index (κ2) is 5.73. The summed E-state index contributed by atoms with van der Waals surface area (Å²) < 4.78 is 0. The number of rotatable bonds is 5. The summed E-state index contributed by atoms with van der Waals surface area (Å²) in [7, 11) is 0. The molecule has 0 unspecified atom stereocenters. The van der Waals surface area contributed by atoms with E-state index in [2.05, 4.69) is 16.0 Å². The Morgan fingerprint density at radius 1 is 1.35 bits per heavy atom. The van der Waals surface area contributed by atoms with E-state index in [9.17, 15) is 0 Å². The van der Waals surface area contributed by atoms with E-state index in [-0.39, 0.29) is 5.41 Å². The summed E-state index contributed by atoms with van der Waals surface area (Å²) in [6, 6.07) is 3.81. The molecule has 1 aromatic heterocycles. The molecule has 17 heavy (non-hydrogen) atoms. The van der Waals surface area contributed by atoms with Gasteiger partial charge in [-0.2, -0.15) is 5.26 Å². The lowest BCUT2D eigenvalue weighted by Gasteiger charge is -2.13. The van der Waals surface area contributed by atoms with Gasteiger partial charge in [-0.25, -0.2) is 9.97 Å². The zero-order valence-corrected chi connectivity index (χ0v) is 10.9. The molecule has 0 aromatic carbocycles. The first-order valence-corrected chi connectivity index (χ1v) is 6.35. The zero-order valence-electron chi connectivity index (χ0n) is 10.1. The van der Waals surface area contributed by atoms with E-state index in [4.69, 9.17) is 16.7 Å². The van der Waals surface area contributed by atoms with Gasteiger partial charge in [0.25, 0.3) is 0 Å². The van der Waals surface area contributed by atoms with E-state index in [1.807, 2.05) is 13.8 Å². The minimum atomic E-state index is -0.268. The third kappa shape index (κ3) is 4.91. The highest BCUT2D eigenvalue weighted by Crippen LogP contribution is 2.24. The Morgan fingerprint density at radius 2 is 1.94 bits per heavy atom. The summed E-state index contributed by atoms with van der Waals surface area (Å²) in [6.45, 7) is 3.87. The Morgan fingerprint density at radius 3 is 2.47 bits per heavy atom. The molecule has 5 nitrogen and oxygen atoms in total. The molecular formula is C11H17N5S. The molecule has 92 valence electrons. The molecule has 0 atom stereocenters. The summed E-state index contributed by atoms with van der Waals surface area (Å²) in [5.41, 5.74) is 10.9. The largest absolute Gasteiger partial charge is 0.383 e. The van der Waals surface area contributed by atoms with Crippen molar-refractivity contribution in [2.24, 2.45) is 5.41 Å². The van der Waals surface area contributed by atoms with Gasteiger partial charge in [0.1, 0.15) is 11.6 Å². The van der Waals surface area contributed by atoms with Crippen molar-refractivity contribution in [3.05, 3.63) is 6.07 Å². The molecule has 0 aliphatic carbocycles. The molecule has 6 heteroatoms. The number of thioether (sulfide) groups is 1. The smallest absolute Gasteiger partial charge is 0.191 e. The van der Waals surface area contributed by atoms with E-state index in [0.29, 0.717) is 16.8 Å². The lowest BCUT2D eigenvalue weighted by atomic mass is 9.90. The summed E-state index contributed by atoms with van der Waals surface area (Å²) in [5.74, 6) is 1.63. The average Bonchev–Trinajstić information content (AvgIpc) is 2.23. The number of hydrogen-bond acceptors (Lipinski definition) is 6. The fourth-order valence-corrected chi connectivity index (χ4v) is 2.07. The Kier molecular flexibility index (Phi) is 4.58. The standard InChI is InChI=1S/C11H17N5S/c1-11(2,7-12)4-3-5-17-10-15-8(13)6-9(14)16-10/h6H,3-5H2,1-2H3,(H4,13,14,15,16). The number of nitrogens with two attached hydrogens (primary N) is 2. The molecule has 4 N–H and O–H groups in total. The van der Waals surface area contributed by atoms with Gasteiger partial charge in [-0.15, -0.1) is 0 Å². The summed E-state index contributed by atoms with van der Waals surface area (Å²) in [4.78, 5) is 8.15. The van der Waals surface area contributed by atoms with Crippen LogP contribution in [0.5, 0.6) is 0 Å². The van der Waals surface area contributed by atoms with Crippen LogP contribution in [0.2, 0.25) is 0 Å². The second-order valence-electron chi connectivity index (χ2n) is 4.45. The molecule has 0 aliphatic rings. The van der Waals surface area contributed by atoms with Crippen LogP contribution in [0.3, 0.4) is 0 Å². The first-order chi connectivity index (χ1) is 7.93. The van der Waals surface area contributed by atoms with Crippen molar-refractivity contribution >= 4 is 23.4 Å². The molecular weight excluding hydrogens is 234 g/mol. The Labute approximate surface area is 106 Å². The lowest BCUT2D eigenvalue weighted by Crippen LogP contribution is -2.07. The Balaban J connectivity index is 2.39. The van der Waals surface area contributed by atoms with Crippen LogP contribution in [0.15, 0.2) is 11.2 Å². The van der Waals surface area contributed by atoms with Crippen LogP contribution in [-0.4, -0.2) is 15.7 Å². The van der Waals surface area contributed by atoms with Crippen molar-refractivity contribution in [3.8, 4) is 6.07 Å². The number of aromatic nitrogens is 2. The van der Waals surface area contributed by atoms with Crippen LogP contribution < -0.4 is 11.5 Å². The SMILES string of the molecule is CC(C)(C#N)CCCSc1nc(N)cc(N)n1. The van der Waals surface area contributed by atoms with Crippen LogP contribution in [0, 0.1) is 16.7 Å². The van der Waals surface area contributed by atoms with E-state index in [1.54, 1.807) is 0 Å². The molecule has 0 aliphatic heterocycles. The second-order valence-corrected chi connectivity index (χ2v) is 5.51. The minimum Gasteiger partial charge on any atom is -0.383 e. The van der Waals surface area contributed by atoms with Crippen molar-refractivity contribution in [3.63, 3.8) is 0 Å². The number of nitrogens with zero attached hydrogens (tertiary/aromatic N) is 3. The lowest BCUT2D eigenvalue weighted by molar-refractivity contribution is 0.447. The minimum absolute atomic E-state index is 0.268. The third-order valence-electron chi connectivity index (χ3n) is 2.23. The van der Waals surface area contributed by atoms with Crippen molar-refractivity contribution in [2.45, 2.75) is 31.8 Å². The molecule has 0 radical (unpaired) electrons. The van der Waals surface area contributed by atoms with Crippen LogP contribution in [0.25, 0.3) is 0 Å². The van der Waals surface area contributed by atoms with E-state index >= 15 is 0 Å². The monoisotopic (exact) mass is 251 g/mol. The predicted octanol–water partition coefficient (Wildman–Crippen LogP) is 2.06. The molecule has 0 amide bonds. The molecule has 0 spiro atoms. The van der Waals surface area contributed by atoms with Gasteiger partial charge in [0.05, 0.1) is 11.5 Å². The van der Waals surface area contributed by atoms with Crippen molar-refractivity contribution in [1.82, 2.24) is 9.97 Å². The number of anilines is 2. The van der Waals surface area contributed by atoms with Crippen LogP contribution in [0.1, 0.15) is 26.7 Å². The molecule has 0 saturated carbocycles. The molecule has 1 rings (SSSR count). The average molecular weight is 251 g/mol. The number of nitriles is 1. The van der Waals surface area contributed by atoms with E-state index in [1.165, 1.54) is 17.8 Å². The first-order valence-electron chi connectivity index (χ1n) is 5.37. The predicted molar refractivity (Wildman–Crippen MR) is 70.2 cm³/mol. The fraction of sp³-hybridized carbons (Fsp3) is 0.545. The highest BCUT2D eigenvalue weighted by atomic mass is 32.2. The number of hydrogen-bond donors (Lipinski definition) is 2. The van der Waals surface area contributed by atoms with Crippen LogP contribution in [-0.2, 0) is 0 Å². The van der Waals surface area contributed by atoms with Gasteiger partial charge in [-0.3, -0.25) is 0 Å². The third-order valence-corrected chi connectivity index (χ3v) is 3.16. The molecule has 1 heterocycles. The van der Waals surface area contributed by atoms with Gasteiger partial charge in [-0.05, 0) is 26.7 Å². The maximum Gasteiger partial charge on any atom is 0.191 e. The quantitative estimate of drug-likeness (QED) is 0.472. The molecule has 0 bridgehead atoms.